The predicted molar refractivity (Wildman–Crippen MR) is 83.7 cm³/mol. The molecule has 0 unspecified atom stereocenters. The zero-order chi connectivity index (χ0) is 16.2. The lowest BCUT2D eigenvalue weighted by Gasteiger charge is -2.11. The fraction of sp³-hybridized carbons (Fsp3) is 0.333. The first-order chi connectivity index (χ1) is 9.58. The Balaban J connectivity index is 3.32. The van der Waals surface area contributed by atoms with Crippen molar-refractivity contribution in [2.24, 2.45) is 0 Å². The quantitative estimate of drug-likeness (QED) is 0.298. The summed E-state index contributed by atoms with van der Waals surface area (Å²) in [6, 6.07) is 2.95. The largest absolute Gasteiger partial charge is 0.423 e. The van der Waals surface area contributed by atoms with Crippen LogP contribution >= 0.6 is 0 Å². The van der Waals surface area contributed by atoms with Crippen LogP contribution in [0.4, 0.5) is 5.69 Å². The molecule has 0 saturated heterocycles. The second-order valence-corrected chi connectivity index (χ2v) is 10.3. The second-order valence-electron chi connectivity index (χ2n) is 5.57. The molecule has 0 saturated carbocycles. The Labute approximate surface area is 125 Å². The fourth-order valence-corrected chi connectivity index (χ4v) is 1.92. The number of anilines is 1. The van der Waals surface area contributed by atoms with E-state index in [1.54, 1.807) is 0 Å². The van der Waals surface area contributed by atoms with Gasteiger partial charge in [-0.2, -0.15) is 0 Å². The molecule has 0 fully saturated rings. The summed E-state index contributed by atoms with van der Waals surface area (Å²) < 4.78 is 10.0. The van der Waals surface area contributed by atoms with Crippen molar-refractivity contribution in [2.45, 2.75) is 33.5 Å². The average Bonchev–Trinajstić information content (AvgIpc) is 2.28. The number of hydrogen-bond donors (Lipinski definition) is 1. The molecule has 0 amide bonds. The molecule has 1 aromatic carbocycles. The minimum Gasteiger partial charge on any atom is -0.423 e. The van der Waals surface area contributed by atoms with Crippen molar-refractivity contribution in [3.05, 3.63) is 17.7 Å². The highest BCUT2D eigenvalue weighted by Gasteiger charge is 2.14. The minimum atomic E-state index is -1.56. The molecule has 6 heteroatoms. The van der Waals surface area contributed by atoms with E-state index in [1.807, 2.05) is 0 Å². The predicted octanol–water partition coefficient (Wildman–Crippen LogP) is 2.35. The van der Waals surface area contributed by atoms with Crippen LogP contribution in [0.1, 0.15) is 19.4 Å². The van der Waals surface area contributed by atoms with Crippen LogP contribution in [-0.2, 0) is 9.59 Å². The lowest BCUT2D eigenvalue weighted by Crippen LogP contribution is -2.16. The monoisotopic (exact) mass is 305 g/mol. The second kappa shape index (κ2) is 6.46. The van der Waals surface area contributed by atoms with Crippen LogP contribution in [0.3, 0.4) is 0 Å². The van der Waals surface area contributed by atoms with E-state index in [2.05, 4.69) is 31.1 Å². The Bertz CT molecular complexity index is 636. The smallest absolute Gasteiger partial charge is 0.308 e. The van der Waals surface area contributed by atoms with E-state index in [9.17, 15) is 9.59 Å². The summed E-state index contributed by atoms with van der Waals surface area (Å²) in [5, 5.41) is 0. The Morgan fingerprint density at radius 2 is 1.52 bits per heavy atom. The summed E-state index contributed by atoms with van der Waals surface area (Å²) >= 11 is 0. The molecule has 0 atom stereocenters. The number of carbonyl (C=O) groups is 2. The van der Waals surface area contributed by atoms with Gasteiger partial charge in [0.25, 0.3) is 0 Å². The van der Waals surface area contributed by atoms with Gasteiger partial charge in [-0.15, -0.1) is 5.54 Å². The van der Waals surface area contributed by atoms with E-state index >= 15 is 0 Å². The Morgan fingerprint density at radius 3 is 1.95 bits per heavy atom. The Kier molecular flexibility index (Phi) is 5.16. The lowest BCUT2D eigenvalue weighted by molar-refractivity contribution is -0.134. The Morgan fingerprint density at radius 1 is 1.05 bits per heavy atom. The number of esters is 2. The zero-order valence-corrected chi connectivity index (χ0v) is 13.9. The third kappa shape index (κ3) is 5.71. The van der Waals surface area contributed by atoms with Gasteiger partial charge in [0.15, 0.2) is 11.5 Å². The van der Waals surface area contributed by atoms with E-state index in [4.69, 9.17) is 15.2 Å². The van der Waals surface area contributed by atoms with Gasteiger partial charge in [-0.1, -0.05) is 25.6 Å². The van der Waals surface area contributed by atoms with Crippen LogP contribution in [0.25, 0.3) is 0 Å². The first-order valence-electron chi connectivity index (χ1n) is 6.42. The van der Waals surface area contributed by atoms with Crippen molar-refractivity contribution in [3.63, 3.8) is 0 Å². The van der Waals surface area contributed by atoms with Crippen molar-refractivity contribution in [2.75, 3.05) is 5.73 Å². The highest BCUT2D eigenvalue weighted by Crippen LogP contribution is 2.32. The maximum absolute atomic E-state index is 11.1. The molecule has 0 heterocycles. The van der Waals surface area contributed by atoms with Crippen LogP contribution in [-0.4, -0.2) is 20.0 Å². The number of nitrogen functional groups attached to an aromatic ring is 1. The molecule has 1 rings (SSSR count). The standard InChI is InChI=1S/C15H19NO4Si/c1-10(17)19-14-8-12(6-7-21(3,4)5)13(16)9-15(14)20-11(2)18/h8-9H,16H2,1-5H3. The van der Waals surface area contributed by atoms with Crippen LogP contribution in [0.15, 0.2) is 12.1 Å². The topological polar surface area (TPSA) is 78.6 Å². The molecular formula is C15H19NO4Si. The third-order valence-electron chi connectivity index (χ3n) is 2.20. The van der Waals surface area contributed by atoms with Crippen molar-refractivity contribution in [3.8, 4) is 23.0 Å². The molecule has 0 radical (unpaired) electrons. The molecule has 0 aliphatic carbocycles. The highest BCUT2D eigenvalue weighted by atomic mass is 28.3. The summed E-state index contributed by atoms with van der Waals surface area (Å²) in [6.07, 6.45) is 0. The van der Waals surface area contributed by atoms with Crippen molar-refractivity contribution in [1.29, 1.82) is 0 Å². The van der Waals surface area contributed by atoms with Gasteiger partial charge >= 0.3 is 11.9 Å². The molecule has 1 aromatic rings. The van der Waals surface area contributed by atoms with E-state index in [-0.39, 0.29) is 11.5 Å². The van der Waals surface area contributed by atoms with Crippen LogP contribution in [0.5, 0.6) is 11.5 Å². The van der Waals surface area contributed by atoms with Gasteiger partial charge in [0.1, 0.15) is 8.07 Å². The molecule has 112 valence electrons. The maximum Gasteiger partial charge on any atom is 0.308 e. The van der Waals surface area contributed by atoms with Gasteiger partial charge < -0.3 is 15.2 Å². The van der Waals surface area contributed by atoms with Crippen molar-refractivity contribution in [1.82, 2.24) is 0 Å². The minimum absolute atomic E-state index is 0.105. The first-order valence-corrected chi connectivity index (χ1v) is 9.92. The van der Waals surface area contributed by atoms with Gasteiger partial charge in [-0.25, -0.2) is 0 Å². The molecule has 21 heavy (non-hydrogen) atoms. The van der Waals surface area contributed by atoms with Gasteiger partial charge in [0.05, 0.1) is 11.3 Å². The number of rotatable bonds is 2. The zero-order valence-electron chi connectivity index (χ0n) is 12.9. The van der Waals surface area contributed by atoms with E-state index in [0.29, 0.717) is 11.3 Å². The molecular weight excluding hydrogens is 286 g/mol. The molecule has 2 N–H and O–H groups in total. The van der Waals surface area contributed by atoms with E-state index in [0.717, 1.165) is 0 Å². The number of nitrogens with two attached hydrogens (primary N) is 1. The van der Waals surface area contributed by atoms with Gasteiger partial charge in [-0.05, 0) is 0 Å². The van der Waals surface area contributed by atoms with Gasteiger partial charge in [-0.3, -0.25) is 9.59 Å². The summed E-state index contributed by atoms with van der Waals surface area (Å²) in [4.78, 5) is 22.2. The summed E-state index contributed by atoms with van der Waals surface area (Å²) in [5.74, 6) is 2.20. The number of carbonyl (C=O) groups excluding carboxylic acids is 2. The molecule has 0 aromatic heterocycles. The molecule has 0 spiro atoms. The summed E-state index contributed by atoms with van der Waals surface area (Å²) in [6.45, 7) is 8.84. The Hall–Kier alpha value is -2.26. The number of hydrogen-bond acceptors (Lipinski definition) is 5. The normalized spacial score (nSPS) is 10.3. The fourth-order valence-electron chi connectivity index (χ4n) is 1.41. The summed E-state index contributed by atoms with van der Waals surface area (Å²) in [7, 11) is -1.56. The van der Waals surface area contributed by atoms with Crippen LogP contribution in [0, 0.1) is 11.5 Å². The average molecular weight is 305 g/mol. The molecule has 0 aliphatic rings. The van der Waals surface area contributed by atoms with Crippen molar-refractivity contribution >= 4 is 25.7 Å². The first kappa shape index (κ1) is 16.8. The number of benzene rings is 1. The summed E-state index contributed by atoms with van der Waals surface area (Å²) in [5.41, 5.74) is 10.0. The molecule has 5 nitrogen and oxygen atoms in total. The van der Waals surface area contributed by atoms with E-state index < -0.39 is 20.0 Å². The lowest BCUT2D eigenvalue weighted by atomic mass is 10.1. The third-order valence-corrected chi connectivity index (χ3v) is 3.07. The van der Waals surface area contributed by atoms with Gasteiger partial charge in [0, 0.05) is 26.0 Å². The van der Waals surface area contributed by atoms with Crippen LogP contribution < -0.4 is 15.2 Å². The maximum atomic E-state index is 11.1. The number of ether oxygens (including phenoxy) is 2. The van der Waals surface area contributed by atoms with Crippen LogP contribution in [0.2, 0.25) is 19.6 Å². The van der Waals surface area contributed by atoms with Gasteiger partial charge in [0.2, 0.25) is 0 Å². The molecule has 0 bridgehead atoms. The van der Waals surface area contributed by atoms with E-state index in [1.165, 1.54) is 26.0 Å². The molecule has 0 aliphatic heterocycles. The van der Waals surface area contributed by atoms with Crippen molar-refractivity contribution < 1.29 is 19.1 Å². The SMILES string of the molecule is CC(=O)Oc1cc(N)c(C#C[Si](C)(C)C)cc1OC(C)=O. The highest BCUT2D eigenvalue weighted by molar-refractivity contribution is 6.83.